The highest BCUT2D eigenvalue weighted by molar-refractivity contribution is 14.1. The summed E-state index contributed by atoms with van der Waals surface area (Å²) in [4.78, 5) is 13.4. The first kappa shape index (κ1) is 22.6. The fourth-order valence-corrected chi connectivity index (χ4v) is 4.15. The van der Waals surface area contributed by atoms with Gasteiger partial charge in [0.1, 0.15) is 5.69 Å². The molecule has 6 nitrogen and oxygen atoms in total. The molecule has 2 rings (SSSR count). The maximum absolute atomic E-state index is 13.8. The molecular weight excluding hydrogens is 522 g/mol. The molecule has 0 bridgehead atoms. The van der Waals surface area contributed by atoms with E-state index in [9.17, 15) is 31.9 Å². The van der Waals surface area contributed by atoms with Crippen molar-refractivity contribution < 1.29 is 31.9 Å². The monoisotopic (exact) mass is 536 g/mol. The van der Waals surface area contributed by atoms with Crippen molar-refractivity contribution in [2.24, 2.45) is 0 Å². The van der Waals surface area contributed by atoms with Gasteiger partial charge in [0.25, 0.3) is 0 Å². The van der Waals surface area contributed by atoms with Gasteiger partial charge in [-0.25, -0.2) is 4.79 Å². The van der Waals surface area contributed by atoms with E-state index >= 15 is 0 Å². The number of hydrogen-bond donors (Lipinski definition) is 2. The molecule has 13 heteroatoms. The van der Waals surface area contributed by atoms with Gasteiger partial charge >= 0.3 is 18.1 Å². The molecule has 1 aromatic rings. The van der Waals surface area contributed by atoms with Gasteiger partial charge in [-0.2, -0.15) is 22.0 Å². The Morgan fingerprint density at radius 3 is 2.50 bits per heavy atom. The molecule has 0 amide bonds. The van der Waals surface area contributed by atoms with Crippen LogP contribution in [0.1, 0.15) is 12.6 Å². The summed E-state index contributed by atoms with van der Waals surface area (Å²) in [5.41, 5.74) is -1.89. The van der Waals surface area contributed by atoms with E-state index in [1.165, 1.54) is 25.0 Å². The van der Waals surface area contributed by atoms with Crippen molar-refractivity contribution in [2.45, 2.75) is 25.1 Å². The van der Waals surface area contributed by atoms with E-state index in [0.717, 1.165) is 4.90 Å². The molecule has 0 radical (unpaired) electrons. The summed E-state index contributed by atoms with van der Waals surface area (Å²) in [6, 6.07) is -0.811. The van der Waals surface area contributed by atoms with Gasteiger partial charge in [0.15, 0.2) is 11.9 Å². The number of aliphatic carboxylic acids is 1. The highest BCUT2D eigenvalue weighted by atomic mass is 127. The number of nitrogens with one attached hydrogen (secondary N) is 1. The average Bonchev–Trinajstić information content (AvgIpc) is 2.59. The number of rotatable bonds is 6. The van der Waals surface area contributed by atoms with Crippen LogP contribution >= 0.6 is 34.4 Å². The van der Waals surface area contributed by atoms with E-state index in [1.54, 1.807) is 13.0 Å². The van der Waals surface area contributed by atoms with Gasteiger partial charge < -0.3 is 15.3 Å². The lowest BCUT2D eigenvalue weighted by molar-refractivity contribution is -0.291. The smallest absolute Gasteiger partial charge is 0.459 e. The fourth-order valence-electron chi connectivity index (χ4n) is 2.39. The lowest BCUT2D eigenvalue weighted by Gasteiger charge is -2.33. The largest absolute Gasteiger partial charge is 0.479 e. The molecule has 0 saturated carbocycles. The summed E-state index contributed by atoms with van der Waals surface area (Å²) >= 11 is 3.13. The average molecular weight is 536 g/mol. The van der Waals surface area contributed by atoms with Crippen LogP contribution in [0.15, 0.2) is 26.8 Å². The Kier molecular flexibility index (Phi) is 6.78. The molecule has 2 N–H and O–H groups in total. The number of carbonyl (C=O) groups is 1. The Morgan fingerprint density at radius 1 is 1.36 bits per heavy atom. The van der Waals surface area contributed by atoms with E-state index in [2.05, 4.69) is 15.5 Å². The second-order valence-electron chi connectivity index (χ2n) is 5.43. The van der Waals surface area contributed by atoms with Crippen molar-refractivity contribution in [3.63, 3.8) is 0 Å². The lowest BCUT2D eigenvalue weighted by atomic mass is 10.1. The third kappa shape index (κ3) is 4.34. The van der Waals surface area contributed by atoms with Gasteiger partial charge in [0.05, 0.1) is 5.69 Å². The molecule has 1 atom stereocenters. The third-order valence-corrected chi connectivity index (χ3v) is 5.15. The summed E-state index contributed by atoms with van der Waals surface area (Å²) in [7, 11) is 1.36. The highest BCUT2D eigenvalue weighted by Gasteiger charge is 2.60. The summed E-state index contributed by atoms with van der Waals surface area (Å²) in [5, 5.41) is 18.6. The van der Waals surface area contributed by atoms with Crippen molar-refractivity contribution in [3.8, 4) is 0 Å². The van der Waals surface area contributed by atoms with Crippen LogP contribution in [0.3, 0.4) is 0 Å². The SMILES string of the molecule is CCSC1=CC(I)=CN(c2cc(C(F)(F)C(F)(F)F)nnc2NC)C1C(=O)O. The van der Waals surface area contributed by atoms with Crippen molar-refractivity contribution in [3.05, 3.63) is 32.5 Å². The van der Waals surface area contributed by atoms with E-state index in [4.69, 9.17) is 0 Å². The van der Waals surface area contributed by atoms with Crippen molar-refractivity contribution in [1.82, 2.24) is 10.2 Å². The van der Waals surface area contributed by atoms with Gasteiger partial charge in [-0.1, -0.05) is 6.92 Å². The lowest BCUT2D eigenvalue weighted by Crippen LogP contribution is -2.41. The first-order chi connectivity index (χ1) is 12.9. The number of allylic oxidation sites excluding steroid dienone is 2. The maximum atomic E-state index is 13.8. The minimum Gasteiger partial charge on any atom is -0.479 e. The fraction of sp³-hybridized carbons (Fsp3) is 0.400. The molecular formula is C15H14F5IN4O2S. The molecule has 1 unspecified atom stereocenters. The predicted molar refractivity (Wildman–Crippen MR) is 104 cm³/mol. The van der Waals surface area contributed by atoms with E-state index in [0.29, 0.717) is 20.3 Å². The van der Waals surface area contributed by atoms with Crippen LogP contribution in [0.25, 0.3) is 0 Å². The molecule has 0 fully saturated rings. The van der Waals surface area contributed by atoms with Crippen LogP contribution in [0.5, 0.6) is 0 Å². The van der Waals surface area contributed by atoms with Crippen molar-refractivity contribution in [2.75, 3.05) is 23.0 Å². The number of aromatic nitrogens is 2. The van der Waals surface area contributed by atoms with Gasteiger partial charge in [0.2, 0.25) is 0 Å². The van der Waals surface area contributed by atoms with Gasteiger partial charge in [0, 0.05) is 21.7 Å². The first-order valence-corrected chi connectivity index (χ1v) is 9.73. The second-order valence-corrected chi connectivity index (χ2v) is 8.01. The maximum Gasteiger partial charge on any atom is 0.459 e. The zero-order valence-corrected chi connectivity index (χ0v) is 17.4. The summed E-state index contributed by atoms with van der Waals surface area (Å²) in [5.74, 6) is -6.15. The van der Waals surface area contributed by atoms with Crippen LogP contribution < -0.4 is 10.2 Å². The minimum absolute atomic E-state index is 0.142. The molecule has 0 aliphatic carbocycles. The number of alkyl halides is 5. The molecule has 28 heavy (non-hydrogen) atoms. The topological polar surface area (TPSA) is 78.4 Å². The summed E-state index contributed by atoms with van der Waals surface area (Å²) in [6.45, 7) is 1.80. The molecule has 0 saturated heterocycles. The zero-order chi connectivity index (χ0) is 21.3. The van der Waals surface area contributed by atoms with Gasteiger partial charge in [-0.3, -0.25) is 0 Å². The quantitative estimate of drug-likeness (QED) is 0.414. The van der Waals surface area contributed by atoms with Gasteiger partial charge in [-0.15, -0.1) is 22.0 Å². The highest BCUT2D eigenvalue weighted by Crippen LogP contribution is 2.45. The second kappa shape index (κ2) is 8.39. The van der Waals surface area contributed by atoms with E-state index in [1.807, 2.05) is 22.6 Å². The summed E-state index contributed by atoms with van der Waals surface area (Å²) < 4.78 is 66.3. The van der Waals surface area contributed by atoms with Crippen molar-refractivity contribution in [1.29, 1.82) is 0 Å². The van der Waals surface area contributed by atoms with Crippen LogP contribution in [0.4, 0.5) is 33.5 Å². The summed E-state index contributed by atoms with van der Waals surface area (Å²) in [6.07, 6.45) is -2.92. The van der Waals surface area contributed by atoms with Crippen LogP contribution in [-0.4, -0.2) is 46.3 Å². The minimum atomic E-state index is -5.87. The number of nitrogens with zero attached hydrogens (tertiary/aromatic N) is 3. The number of thioether (sulfide) groups is 1. The molecule has 2 heterocycles. The molecule has 1 aliphatic rings. The number of carboxylic acid groups (broad SMARTS) is 1. The Morgan fingerprint density at radius 2 is 2.00 bits per heavy atom. The molecule has 154 valence electrons. The Hall–Kier alpha value is -1.64. The Labute approximate surface area is 174 Å². The predicted octanol–water partition coefficient (Wildman–Crippen LogP) is 4.36. The zero-order valence-electron chi connectivity index (χ0n) is 14.4. The molecule has 0 spiro atoms. The van der Waals surface area contributed by atoms with Gasteiger partial charge in [-0.05, 0) is 40.5 Å². The van der Waals surface area contributed by atoms with Crippen LogP contribution in [0.2, 0.25) is 0 Å². The molecule has 0 aromatic carbocycles. The molecule has 1 aliphatic heterocycles. The van der Waals surface area contributed by atoms with E-state index < -0.39 is 29.8 Å². The van der Waals surface area contributed by atoms with Crippen molar-refractivity contribution >= 4 is 51.8 Å². The number of carboxylic acids is 1. The number of hydrogen-bond acceptors (Lipinski definition) is 6. The Balaban J connectivity index is 2.66. The standard InChI is InChI=1S/C15H14F5IN4O2S/c1-3-28-9-4-7(21)6-25(11(9)13(26)27)8-5-10(23-24-12(8)22-2)14(16,17)15(18,19)20/h4-6,11H,3H2,1-2H3,(H,22,24)(H,26,27). The first-order valence-electron chi connectivity index (χ1n) is 7.67. The number of halogens is 6. The normalized spacial score (nSPS) is 17.9. The van der Waals surface area contributed by atoms with Crippen LogP contribution in [-0.2, 0) is 10.7 Å². The Bertz CT molecular complexity index is 831. The third-order valence-electron chi connectivity index (χ3n) is 3.60. The van der Waals surface area contributed by atoms with Crippen LogP contribution in [0, 0.1) is 0 Å². The molecule has 1 aromatic heterocycles. The number of anilines is 2. The van der Waals surface area contributed by atoms with E-state index in [-0.39, 0.29) is 11.5 Å².